The second-order valence-electron chi connectivity index (χ2n) is 5.76. The minimum Gasteiger partial charge on any atom is -0.444 e. The lowest BCUT2D eigenvalue weighted by Gasteiger charge is -2.24. The Balaban J connectivity index is 2.68. The van der Waals surface area contributed by atoms with Gasteiger partial charge in [0.1, 0.15) is 12.3 Å². The van der Waals surface area contributed by atoms with Gasteiger partial charge in [-0.05, 0) is 34.6 Å². The molecular formula is C15H27N5O2. The van der Waals surface area contributed by atoms with Crippen molar-refractivity contribution in [3.05, 3.63) is 17.3 Å². The molecule has 0 saturated heterocycles. The maximum Gasteiger partial charge on any atom is 0.227 e. The molecule has 1 rings (SSSR count). The Hall–Kier alpha value is -2.05. The zero-order chi connectivity index (χ0) is 16.8. The number of guanidine groups is 1. The summed E-state index contributed by atoms with van der Waals surface area (Å²) in [5.74, 6) is 2.00. The van der Waals surface area contributed by atoms with Gasteiger partial charge in [-0.1, -0.05) is 0 Å². The predicted octanol–water partition coefficient (Wildman–Crippen LogP) is 1.12. The van der Waals surface area contributed by atoms with Gasteiger partial charge in [-0.3, -0.25) is 4.79 Å². The molecule has 0 spiro atoms. The first-order valence-corrected chi connectivity index (χ1v) is 7.47. The number of nitrogens with one attached hydrogen (secondary N) is 3. The van der Waals surface area contributed by atoms with E-state index in [0.717, 1.165) is 18.0 Å². The number of aromatic nitrogens is 1. The third kappa shape index (κ3) is 5.05. The smallest absolute Gasteiger partial charge is 0.227 e. The SMILES string of the molecule is CCNC(=NCc1nc(C)c(C)o1)NCC(C)(C)C(=O)NC. The number of carbonyl (C=O) groups excluding carboxylic acids is 1. The molecule has 1 aromatic heterocycles. The van der Waals surface area contributed by atoms with Crippen LogP contribution in [0.15, 0.2) is 9.41 Å². The fraction of sp³-hybridized carbons (Fsp3) is 0.667. The van der Waals surface area contributed by atoms with Crippen LogP contribution >= 0.6 is 0 Å². The summed E-state index contributed by atoms with van der Waals surface area (Å²) in [5.41, 5.74) is 0.352. The van der Waals surface area contributed by atoms with Crippen molar-refractivity contribution in [1.82, 2.24) is 20.9 Å². The molecule has 7 heteroatoms. The van der Waals surface area contributed by atoms with Gasteiger partial charge in [0, 0.05) is 20.1 Å². The average molecular weight is 309 g/mol. The quantitative estimate of drug-likeness (QED) is 0.541. The van der Waals surface area contributed by atoms with Crippen molar-refractivity contribution >= 4 is 11.9 Å². The van der Waals surface area contributed by atoms with Crippen LogP contribution < -0.4 is 16.0 Å². The van der Waals surface area contributed by atoms with Crippen molar-refractivity contribution in [1.29, 1.82) is 0 Å². The van der Waals surface area contributed by atoms with Crippen LogP contribution in [-0.4, -0.2) is 37.0 Å². The van der Waals surface area contributed by atoms with Crippen LogP contribution in [0.25, 0.3) is 0 Å². The first kappa shape index (κ1) is 18.0. The zero-order valence-electron chi connectivity index (χ0n) is 14.3. The largest absolute Gasteiger partial charge is 0.444 e. The Morgan fingerprint density at radius 1 is 1.32 bits per heavy atom. The fourth-order valence-corrected chi connectivity index (χ4v) is 1.82. The molecule has 0 aromatic carbocycles. The van der Waals surface area contributed by atoms with E-state index in [9.17, 15) is 4.79 Å². The van der Waals surface area contributed by atoms with E-state index in [4.69, 9.17) is 4.42 Å². The van der Waals surface area contributed by atoms with Crippen LogP contribution in [0.2, 0.25) is 0 Å². The highest BCUT2D eigenvalue weighted by Gasteiger charge is 2.26. The van der Waals surface area contributed by atoms with E-state index in [0.29, 0.717) is 24.9 Å². The molecule has 1 heterocycles. The summed E-state index contributed by atoms with van der Waals surface area (Å²) in [4.78, 5) is 20.5. The highest BCUT2D eigenvalue weighted by Crippen LogP contribution is 2.13. The van der Waals surface area contributed by atoms with Gasteiger partial charge in [0.15, 0.2) is 5.96 Å². The molecular weight excluding hydrogens is 282 g/mol. The molecule has 124 valence electrons. The monoisotopic (exact) mass is 309 g/mol. The van der Waals surface area contributed by atoms with Crippen molar-refractivity contribution in [3.8, 4) is 0 Å². The molecule has 0 aliphatic rings. The summed E-state index contributed by atoms with van der Waals surface area (Å²) in [5, 5.41) is 8.98. The van der Waals surface area contributed by atoms with E-state index in [2.05, 4.69) is 25.9 Å². The number of nitrogens with zero attached hydrogens (tertiary/aromatic N) is 2. The molecule has 0 unspecified atom stereocenters. The van der Waals surface area contributed by atoms with Crippen LogP contribution in [0, 0.1) is 19.3 Å². The lowest BCUT2D eigenvalue weighted by atomic mass is 9.92. The van der Waals surface area contributed by atoms with Gasteiger partial charge in [-0.25, -0.2) is 9.98 Å². The van der Waals surface area contributed by atoms with E-state index in [1.807, 2.05) is 34.6 Å². The minimum atomic E-state index is -0.527. The molecule has 7 nitrogen and oxygen atoms in total. The maximum absolute atomic E-state index is 11.8. The second-order valence-corrected chi connectivity index (χ2v) is 5.76. The molecule has 0 bridgehead atoms. The number of hydrogen-bond acceptors (Lipinski definition) is 4. The topological polar surface area (TPSA) is 91.6 Å². The zero-order valence-corrected chi connectivity index (χ0v) is 14.3. The average Bonchev–Trinajstić information content (AvgIpc) is 2.79. The highest BCUT2D eigenvalue weighted by atomic mass is 16.4. The number of oxazole rings is 1. The Morgan fingerprint density at radius 2 is 2.00 bits per heavy atom. The first-order chi connectivity index (χ1) is 10.3. The molecule has 0 saturated carbocycles. The van der Waals surface area contributed by atoms with Gasteiger partial charge < -0.3 is 20.4 Å². The predicted molar refractivity (Wildman–Crippen MR) is 86.6 cm³/mol. The standard InChI is InChI=1S/C15H27N5O2/c1-7-17-14(19-9-15(4,5)13(21)16-6)18-8-12-20-10(2)11(3)22-12/h7-9H2,1-6H3,(H,16,21)(H2,17,18,19). The number of rotatable bonds is 6. The number of hydrogen-bond donors (Lipinski definition) is 3. The molecule has 0 aliphatic carbocycles. The summed E-state index contributed by atoms with van der Waals surface area (Å²) in [6, 6.07) is 0. The van der Waals surface area contributed by atoms with Crippen molar-refractivity contribution < 1.29 is 9.21 Å². The van der Waals surface area contributed by atoms with Crippen molar-refractivity contribution in [3.63, 3.8) is 0 Å². The Bertz CT molecular complexity index is 515. The van der Waals surface area contributed by atoms with Gasteiger partial charge in [-0.15, -0.1) is 0 Å². The molecule has 3 N–H and O–H groups in total. The van der Waals surface area contributed by atoms with Crippen LogP contribution in [0.4, 0.5) is 0 Å². The third-order valence-electron chi connectivity index (χ3n) is 3.33. The second kappa shape index (κ2) is 7.82. The number of aliphatic imine (C=N–C) groups is 1. The van der Waals surface area contributed by atoms with Gasteiger partial charge >= 0.3 is 0 Å². The van der Waals surface area contributed by atoms with E-state index in [-0.39, 0.29) is 5.91 Å². The lowest BCUT2D eigenvalue weighted by Crippen LogP contribution is -2.47. The Morgan fingerprint density at radius 3 is 2.50 bits per heavy atom. The third-order valence-corrected chi connectivity index (χ3v) is 3.33. The van der Waals surface area contributed by atoms with Crippen LogP contribution in [-0.2, 0) is 11.3 Å². The first-order valence-electron chi connectivity index (χ1n) is 7.47. The molecule has 0 fully saturated rings. The molecule has 0 atom stereocenters. The minimum absolute atomic E-state index is 0.0187. The van der Waals surface area contributed by atoms with Crippen LogP contribution in [0.5, 0.6) is 0 Å². The number of aryl methyl sites for hydroxylation is 2. The number of amides is 1. The van der Waals surface area contributed by atoms with E-state index >= 15 is 0 Å². The molecule has 0 radical (unpaired) electrons. The van der Waals surface area contributed by atoms with Gasteiger partial charge in [0.05, 0.1) is 11.1 Å². The molecule has 22 heavy (non-hydrogen) atoms. The lowest BCUT2D eigenvalue weighted by molar-refractivity contribution is -0.128. The number of carbonyl (C=O) groups is 1. The van der Waals surface area contributed by atoms with Gasteiger partial charge in [0.25, 0.3) is 0 Å². The summed E-state index contributed by atoms with van der Waals surface area (Å²) >= 11 is 0. The van der Waals surface area contributed by atoms with Crippen molar-refractivity contribution in [2.24, 2.45) is 10.4 Å². The Labute approximate surface area is 132 Å². The molecule has 1 aromatic rings. The van der Waals surface area contributed by atoms with E-state index < -0.39 is 5.41 Å². The normalized spacial score (nSPS) is 12.2. The summed E-state index contributed by atoms with van der Waals surface area (Å²) in [6.07, 6.45) is 0. The highest BCUT2D eigenvalue weighted by molar-refractivity contribution is 5.84. The van der Waals surface area contributed by atoms with E-state index in [1.165, 1.54) is 0 Å². The fourth-order valence-electron chi connectivity index (χ4n) is 1.82. The Kier molecular flexibility index (Phi) is 6.39. The van der Waals surface area contributed by atoms with Gasteiger partial charge in [0.2, 0.25) is 11.8 Å². The summed E-state index contributed by atoms with van der Waals surface area (Å²) < 4.78 is 5.51. The van der Waals surface area contributed by atoms with Gasteiger partial charge in [-0.2, -0.15) is 0 Å². The molecule has 0 aliphatic heterocycles. The molecule has 1 amide bonds. The van der Waals surface area contributed by atoms with Crippen LogP contribution in [0.3, 0.4) is 0 Å². The summed E-state index contributed by atoms with van der Waals surface area (Å²) in [7, 11) is 1.64. The van der Waals surface area contributed by atoms with Crippen molar-refractivity contribution in [2.75, 3.05) is 20.1 Å². The van der Waals surface area contributed by atoms with Crippen molar-refractivity contribution in [2.45, 2.75) is 41.2 Å². The summed E-state index contributed by atoms with van der Waals surface area (Å²) in [6.45, 7) is 11.1. The van der Waals surface area contributed by atoms with E-state index in [1.54, 1.807) is 7.05 Å². The maximum atomic E-state index is 11.8. The van der Waals surface area contributed by atoms with Crippen LogP contribution in [0.1, 0.15) is 38.1 Å².